The Balaban J connectivity index is 1.81. The standard InChI is InChI=1S/C15H19N3O3/c1-3-20-14-7-5-4-6-13(14)17-15(19)16-9-8-12-10-11(2)18-21-12/h4-7,10H,3,8-9H2,1-2H3,(H2,16,17,19). The molecule has 0 aliphatic heterocycles. The zero-order valence-electron chi connectivity index (χ0n) is 12.2. The Hall–Kier alpha value is -2.50. The second-order valence-electron chi connectivity index (χ2n) is 4.49. The van der Waals surface area contributed by atoms with Gasteiger partial charge in [0.1, 0.15) is 11.5 Å². The lowest BCUT2D eigenvalue weighted by Gasteiger charge is -2.11. The molecule has 0 unspecified atom stereocenters. The summed E-state index contributed by atoms with van der Waals surface area (Å²) in [6.07, 6.45) is 0.599. The molecule has 0 saturated heterocycles. The Labute approximate surface area is 123 Å². The number of carbonyl (C=O) groups is 1. The van der Waals surface area contributed by atoms with E-state index >= 15 is 0 Å². The first kappa shape index (κ1) is 14.9. The van der Waals surface area contributed by atoms with Gasteiger partial charge in [0.2, 0.25) is 0 Å². The van der Waals surface area contributed by atoms with Crippen LogP contribution in [-0.2, 0) is 6.42 Å². The predicted molar refractivity (Wildman–Crippen MR) is 79.6 cm³/mol. The number of nitrogens with one attached hydrogen (secondary N) is 2. The minimum atomic E-state index is -0.279. The van der Waals surface area contributed by atoms with Crippen LogP contribution in [0.15, 0.2) is 34.9 Å². The highest BCUT2D eigenvalue weighted by molar-refractivity contribution is 5.90. The van der Waals surface area contributed by atoms with E-state index in [4.69, 9.17) is 9.26 Å². The van der Waals surface area contributed by atoms with Crippen molar-refractivity contribution in [2.24, 2.45) is 0 Å². The van der Waals surface area contributed by atoms with Crippen molar-refractivity contribution >= 4 is 11.7 Å². The number of aromatic nitrogens is 1. The maximum Gasteiger partial charge on any atom is 0.319 e. The van der Waals surface area contributed by atoms with Crippen LogP contribution in [0.2, 0.25) is 0 Å². The van der Waals surface area contributed by atoms with Gasteiger partial charge < -0.3 is 19.9 Å². The summed E-state index contributed by atoms with van der Waals surface area (Å²) in [7, 11) is 0. The van der Waals surface area contributed by atoms with Crippen molar-refractivity contribution in [2.45, 2.75) is 20.3 Å². The molecule has 2 aromatic rings. The summed E-state index contributed by atoms with van der Waals surface area (Å²) < 4.78 is 10.5. The normalized spacial score (nSPS) is 10.2. The summed E-state index contributed by atoms with van der Waals surface area (Å²) in [4.78, 5) is 11.8. The molecule has 0 spiro atoms. The molecule has 0 fully saturated rings. The Morgan fingerprint density at radius 2 is 2.19 bits per heavy atom. The molecule has 2 N–H and O–H groups in total. The molecule has 6 nitrogen and oxygen atoms in total. The number of para-hydroxylation sites is 2. The lowest BCUT2D eigenvalue weighted by atomic mass is 10.3. The third-order valence-corrected chi connectivity index (χ3v) is 2.77. The number of aryl methyl sites for hydroxylation is 1. The summed E-state index contributed by atoms with van der Waals surface area (Å²) in [6, 6.07) is 8.89. The molecule has 0 atom stereocenters. The molecular formula is C15H19N3O3. The first-order valence-electron chi connectivity index (χ1n) is 6.88. The third kappa shape index (κ3) is 4.52. The topological polar surface area (TPSA) is 76.4 Å². The van der Waals surface area contributed by atoms with E-state index in [-0.39, 0.29) is 6.03 Å². The van der Waals surface area contributed by atoms with Gasteiger partial charge in [-0.1, -0.05) is 17.3 Å². The highest BCUT2D eigenvalue weighted by atomic mass is 16.5. The molecule has 0 radical (unpaired) electrons. The van der Waals surface area contributed by atoms with Gasteiger partial charge in [0.15, 0.2) is 0 Å². The first-order valence-corrected chi connectivity index (χ1v) is 6.88. The van der Waals surface area contributed by atoms with Gasteiger partial charge in [-0.2, -0.15) is 0 Å². The number of urea groups is 1. The minimum Gasteiger partial charge on any atom is -0.492 e. The van der Waals surface area contributed by atoms with Gasteiger partial charge >= 0.3 is 6.03 Å². The van der Waals surface area contributed by atoms with Crippen LogP contribution in [0.25, 0.3) is 0 Å². The molecule has 0 aliphatic carbocycles. The fourth-order valence-corrected chi connectivity index (χ4v) is 1.85. The van der Waals surface area contributed by atoms with Crippen molar-refractivity contribution in [2.75, 3.05) is 18.5 Å². The number of benzene rings is 1. The lowest BCUT2D eigenvalue weighted by Crippen LogP contribution is -2.30. The lowest BCUT2D eigenvalue weighted by molar-refractivity contribution is 0.251. The Bertz CT molecular complexity index is 595. The van der Waals surface area contributed by atoms with Crippen LogP contribution < -0.4 is 15.4 Å². The van der Waals surface area contributed by atoms with Gasteiger partial charge in [-0.05, 0) is 26.0 Å². The molecule has 2 rings (SSSR count). The predicted octanol–water partition coefficient (Wildman–Crippen LogP) is 2.75. The number of anilines is 1. The van der Waals surface area contributed by atoms with E-state index in [9.17, 15) is 4.79 Å². The molecule has 2 amide bonds. The van der Waals surface area contributed by atoms with Gasteiger partial charge in [0.05, 0.1) is 18.0 Å². The van der Waals surface area contributed by atoms with E-state index in [2.05, 4.69) is 15.8 Å². The number of hydrogen-bond acceptors (Lipinski definition) is 4. The van der Waals surface area contributed by atoms with Crippen LogP contribution in [-0.4, -0.2) is 24.3 Å². The second-order valence-corrected chi connectivity index (χ2v) is 4.49. The Morgan fingerprint density at radius 3 is 2.90 bits per heavy atom. The summed E-state index contributed by atoms with van der Waals surface area (Å²) in [5, 5.41) is 9.32. The molecule has 112 valence electrons. The smallest absolute Gasteiger partial charge is 0.319 e. The van der Waals surface area contributed by atoms with Crippen LogP contribution in [0.1, 0.15) is 18.4 Å². The average molecular weight is 289 g/mol. The number of rotatable bonds is 6. The van der Waals surface area contributed by atoms with E-state index in [0.29, 0.717) is 31.0 Å². The third-order valence-electron chi connectivity index (χ3n) is 2.77. The summed E-state index contributed by atoms with van der Waals surface area (Å²) in [5.74, 6) is 1.41. The zero-order valence-corrected chi connectivity index (χ0v) is 12.2. The highest BCUT2D eigenvalue weighted by Gasteiger charge is 2.07. The fraction of sp³-hybridized carbons (Fsp3) is 0.333. The van der Waals surface area contributed by atoms with Crippen molar-refractivity contribution < 1.29 is 14.1 Å². The molecule has 21 heavy (non-hydrogen) atoms. The summed E-state index contributed by atoms with van der Waals surface area (Å²) in [5.41, 5.74) is 1.48. The van der Waals surface area contributed by atoms with E-state index in [0.717, 1.165) is 11.5 Å². The van der Waals surface area contributed by atoms with Gasteiger partial charge in [0, 0.05) is 19.0 Å². The van der Waals surface area contributed by atoms with Crippen LogP contribution >= 0.6 is 0 Å². The van der Waals surface area contributed by atoms with Gasteiger partial charge in [-0.25, -0.2) is 4.79 Å². The number of amides is 2. The van der Waals surface area contributed by atoms with Crippen LogP contribution in [0.5, 0.6) is 5.75 Å². The molecule has 0 aliphatic rings. The average Bonchev–Trinajstić information content (AvgIpc) is 2.87. The number of carbonyl (C=O) groups excluding carboxylic acids is 1. The molecular weight excluding hydrogens is 270 g/mol. The van der Waals surface area contributed by atoms with Gasteiger partial charge in [0.25, 0.3) is 0 Å². The number of hydrogen-bond donors (Lipinski definition) is 2. The van der Waals surface area contributed by atoms with E-state index in [1.54, 1.807) is 6.07 Å². The Kier molecular flexibility index (Phi) is 5.20. The van der Waals surface area contributed by atoms with E-state index in [1.165, 1.54) is 0 Å². The summed E-state index contributed by atoms with van der Waals surface area (Å²) >= 11 is 0. The molecule has 0 bridgehead atoms. The largest absolute Gasteiger partial charge is 0.492 e. The van der Waals surface area contributed by atoms with Crippen LogP contribution in [0, 0.1) is 6.92 Å². The number of nitrogens with zero attached hydrogens (tertiary/aromatic N) is 1. The maximum absolute atomic E-state index is 11.8. The van der Waals surface area contributed by atoms with Crippen molar-refractivity contribution in [3.05, 3.63) is 41.8 Å². The molecule has 1 heterocycles. The van der Waals surface area contributed by atoms with Crippen molar-refractivity contribution in [1.82, 2.24) is 10.5 Å². The quantitative estimate of drug-likeness (QED) is 0.857. The summed E-state index contributed by atoms with van der Waals surface area (Å²) in [6.45, 7) is 4.77. The molecule has 1 aromatic heterocycles. The molecule has 6 heteroatoms. The number of ether oxygens (including phenoxy) is 1. The molecule has 1 aromatic carbocycles. The monoisotopic (exact) mass is 289 g/mol. The van der Waals surface area contributed by atoms with Crippen LogP contribution in [0.4, 0.5) is 10.5 Å². The van der Waals surface area contributed by atoms with Crippen molar-refractivity contribution in [3.63, 3.8) is 0 Å². The fourth-order valence-electron chi connectivity index (χ4n) is 1.85. The maximum atomic E-state index is 11.8. The van der Waals surface area contributed by atoms with E-state index in [1.807, 2.05) is 38.1 Å². The SMILES string of the molecule is CCOc1ccccc1NC(=O)NCCc1cc(C)no1. The van der Waals surface area contributed by atoms with Crippen molar-refractivity contribution in [1.29, 1.82) is 0 Å². The first-order chi connectivity index (χ1) is 10.2. The zero-order chi connectivity index (χ0) is 15.1. The van der Waals surface area contributed by atoms with Crippen LogP contribution in [0.3, 0.4) is 0 Å². The second kappa shape index (κ2) is 7.33. The minimum absolute atomic E-state index is 0.279. The van der Waals surface area contributed by atoms with E-state index < -0.39 is 0 Å². The Morgan fingerprint density at radius 1 is 1.38 bits per heavy atom. The van der Waals surface area contributed by atoms with Gasteiger partial charge in [-0.3, -0.25) is 0 Å². The van der Waals surface area contributed by atoms with Crippen molar-refractivity contribution in [3.8, 4) is 5.75 Å². The van der Waals surface area contributed by atoms with Gasteiger partial charge in [-0.15, -0.1) is 0 Å². The highest BCUT2D eigenvalue weighted by Crippen LogP contribution is 2.23. The molecule has 0 saturated carbocycles.